The van der Waals surface area contributed by atoms with Crippen LogP contribution in [0.25, 0.3) is 0 Å². The van der Waals surface area contributed by atoms with Gasteiger partial charge in [-0.3, -0.25) is 14.9 Å². The Kier molecular flexibility index (Phi) is 5.86. The number of benzene rings is 2. The van der Waals surface area contributed by atoms with E-state index in [0.717, 1.165) is 0 Å². The van der Waals surface area contributed by atoms with Gasteiger partial charge in [0.1, 0.15) is 12.4 Å². The molecule has 7 heteroatoms. The lowest BCUT2D eigenvalue weighted by Gasteiger charge is -2.12. The van der Waals surface area contributed by atoms with E-state index in [1.807, 2.05) is 0 Å². The molecule has 2 aromatic rings. The Labute approximate surface area is 139 Å². The molecule has 0 unspecified atom stereocenters. The number of aryl methyl sites for hydroxylation is 1. The molecule has 0 aliphatic heterocycles. The van der Waals surface area contributed by atoms with Gasteiger partial charge in [-0.1, -0.05) is 12.1 Å². The van der Waals surface area contributed by atoms with Gasteiger partial charge >= 0.3 is 0 Å². The summed E-state index contributed by atoms with van der Waals surface area (Å²) in [5.74, 6) is 0.103. The number of carbonyl (C=O) groups is 1. The van der Waals surface area contributed by atoms with Crippen molar-refractivity contribution in [3.8, 4) is 5.75 Å². The number of rotatable bonds is 7. The Morgan fingerprint density at radius 2 is 1.96 bits per heavy atom. The van der Waals surface area contributed by atoms with E-state index in [0.29, 0.717) is 35.8 Å². The van der Waals surface area contributed by atoms with Gasteiger partial charge in [-0.2, -0.15) is 0 Å². The van der Waals surface area contributed by atoms with Crippen molar-refractivity contribution in [3.05, 3.63) is 63.7 Å². The zero-order valence-corrected chi connectivity index (χ0v) is 13.4. The van der Waals surface area contributed by atoms with E-state index < -0.39 is 4.92 Å². The lowest BCUT2D eigenvalue weighted by atomic mass is 10.1. The third-order valence-corrected chi connectivity index (χ3v) is 3.35. The van der Waals surface area contributed by atoms with Crippen LogP contribution in [-0.4, -0.2) is 31.2 Å². The van der Waals surface area contributed by atoms with Crippen molar-refractivity contribution in [1.29, 1.82) is 0 Å². The lowest BCUT2D eigenvalue weighted by molar-refractivity contribution is -0.384. The molecule has 0 spiro atoms. The van der Waals surface area contributed by atoms with E-state index in [1.54, 1.807) is 38.3 Å². The van der Waals surface area contributed by atoms with Gasteiger partial charge in [0, 0.05) is 24.9 Å². The standard InChI is InChI=1S/C17H18N2O5/c1-12-11-13(19(21)22)7-8-15(12)18-17(20)14-5-3-4-6-16(14)24-10-9-23-2/h3-8,11H,9-10H2,1-2H3,(H,18,20). The molecule has 0 saturated heterocycles. The van der Waals surface area contributed by atoms with E-state index in [-0.39, 0.29) is 11.6 Å². The number of hydrogen-bond acceptors (Lipinski definition) is 5. The highest BCUT2D eigenvalue weighted by Gasteiger charge is 2.15. The first-order valence-electron chi connectivity index (χ1n) is 7.30. The molecule has 24 heavy (non-hydrogen) atoms. The fourth-order valence-corrected chi connectivity index (χ4v) is 2.11. The predicted octanol–water partition coefficient (Wildman–Crippen LogP) is 3.18. The fraction of sp³-hybridized carbons (Fsp3) is 0.235. The first-order valence-corrected chi connectivity index (χ1v) is 7.30. The molecule has 0 fully saturated rings. The number of anilines is 1. The van der Waals surface area contributed by atoms with Crippen molar-refractivity contribution in [2.24, 2.45) is 0 Å². The molecule has 0 aliphatic carbocycles. The van der Waals surface area contributed by atoms with Crippen LogP contribution in [0.15, 0.2) is 42.5 Å². The highest BCUT2D eigenvalue weighted by Crippen LogP contribution is 2.24. The molecule has 0 atom stereocenters. The molecular formula is C17H18N2O5. The molecule has 2 rings (SSSR count). The molecule has 1 N–H and O–H groups in total. The number of methoxy groups -OCH3 is 1. The summed E-state index contributed by atoms with van der Waals surface area (Å²) in [6.45, 7) is 2.44. The topological polar surface area (TPSA) is 90.7 Å². The number of nitrogens with zero attached hydrogens (tertiary/aromatic N) is 1. The molecular weight excluding hydrogens is 312 g/mol. The fourth-order valence-electron chi connectivity index (χ4n) is 2.11. The number of nitro benzene ring substituents is 1. The van der Waals surface area contributed by atoms with Gasteiger partial charge in [0.05, 0.1) is 17.1 Å². The molecule has 0 aromatic heterocycles. The molecule has 2 aromatic carbocycles. The number of nitro groups is 1. The first kappa shape index (κ1) is 17.4. The van der Waals surface area contributed by atoms with Crippen LogP contribution in [0.4, 0.5) is 11.4 Å². The zero-order valence-electron chi connectivity index (χ0n) is 13.4. The summed E-state index contributed by atoms with van der Waals surface area (Å²) in [5, 5.41) is 13.5. The lowest BCUT2D eigenvalue weighted by Crippen LogP contribution is -2.15. The quantitative estimate of drug-likeness (QED) is 0.478. The summed E-state index contributed by atoms with van der Waals surface area (Å²) in [5.41, 5.74) is 1.48. The Morgan fingerprint density at radius 3 is 2.62 bits per heavy atom. The van der Waals surface area contributed by atoms with E-state index in [1.165, 1.54) is 18.2 Å². The number of hydrogen-bond donors (Lipinski definition) is 1. The molecule has 0 radical (unpaired) electrons. The monoisotopic (exact) mass is 330 g/mol. The third kappa shape index (κ3) is 4.30. The van der Waals surface area contributed by atoms with Gasteiger partial charge in [0.25, 0.3) is 11.6 Å². The Morgan fingerprint density at radius 1 is 1.21 bits per heavy atom. The Hall–Kier alpha value is -2.93. The minimum absolute atomic E-state index is 0.0196. The number of nitrogens with one attached hydrogen (secondary N) is 1. The molecule has 1 amide bonds. The van der Waals surface area contributed by atoms with E-state index >= 15 is 0 Å². The summed E-state index contributed by atoms with van der Waals surface area (Å²) in [7, 11) is 1.57. The maximum absolute atomic E-state index is 12.5. The first-order chi connectivity index (χ1) is 11.5. The van der Waals surface area contributed by atoms with Gasteiger partial charge in [-0.05, 0) is 30.7 Å². The number of para-hydroxylation sites is 1. The highest BCUT2D eigenvalue weighted by molar-refractivity contribution is 6.06. The second kappa shape index (κ2) is 8.07. The minimum atomic E-state index is -0.475. The zero-order chi connectivity index (χ0) is 17.5. The molecule has 0 heterocycles. The summed E-state index contributed by atoms with van der Waals surface area (Å²) in [6.07, 6.45) is 0. The molecule has 0 aliphatic rings. The van der Waals surface area contributed by atoms with E-state index in [4.69, 9.17) is 9.47 Å². The van der Waals surface area contributed by atoms with Crippen molar-refractivity contribution in [2.75, 3.05) is 25.6 Å². The molecule has 7 nitrogen and oxygen atoms in total. The van der Waals surface area contributed by atoms with Crippen LogP contribution < -0.4 is 10.1 Å². The third-order valence-electron chi connectivity index (χ3n) is 3.35. The van der Waals surface area contributed by atoms with Crippen LogP contribution in [0.3, 0.4) is 0 Å². The molecule has 0 saturated carbocycles. The van der Waals surface area contributed by atoms with Gasteiger partial charge in [-0.25, -0.2) is 0 Å². The number of non-ortho nitro benzene ring substituents is 1. The maximum Gasteiger partial charge on any atom is 0.269 e. The van der Waals surface area contributed by atoms with Crippen molar-refractivity contribution in [2.45, 2.75) is 6.92 Å². The largest absolute Gasteiger partial charge is 0.490 e. The molecule has 0 bridgehead atoms. The van der Waals surface area contributed by atoms with Crippen molar-refractivity contribution < 1.29 is 19.2 Å². The van der Waals surface area contributed by atoms with Crippen LogP contribution in [0, 0.1) is 17.0 Å². The summed E-state index contributed by atoms with van der Waals surface area (Å²) in [4.78, 5) is 22.8. The van der Waals surface area contributed by atoms with Gasteiger partial charge < -0.3 is 14.8 Å². The van der Waals surface area contributed by atoms with Crippen LogP contribution in [0.1, 0.15) is 15.9 Å². The normalized spacial score (nSPS) is 10.2. The van der Waals surface area contributed by atoms with Crippen LogP contribution in [-0.2, 0) is 4.74 Å². The average Bonchev–Trinajstić information content (AvgIpc) is 2.57. The van der Waals surface area contributed by atoms with Crippen molar-refractivity contribution in [3.63, 3.8) is 0 Å². The number of amides is 1. The van der Waals surface area contributed by atoms with E-state index in [2.05, 4.69) is 5.32 Å². The predicted molar refractivity (Wildman–Crippen MR) is 89.6 cm³/mol. The van der Waals surface area contributed by atoms with Crippen molar-refractivity contribution in [1.82, 2.24) is 0 Å². The SMILES string of the molecule is COCCOc1ccccc1C(=O)Nc1ccc([N+](=O)[O-])cc1C. The van der Waals surface area contributed by atoms with Gasteiger partial charge in [0.15, 0.2) is 0 Å². The Bertz CT molecular complexity index is 746. The van der Waals surface area contributed by atoms with Crippen LogP contribution in [0.5, 0.6) is 5.75 Å². The highest BCUT2D eigenvalue weighted by atomic mass is 16.6. The van der Waals surface area contributed by atoms with Crippen molar-refractivity contribution >= 4 is 17.3 Å². The van der Waals surface area contributed by atoms with Crippen LogP contribution in [0.2, 0.25) is 0 Å². The number of ether oxygens (including phenoxy) is 2. The second-order valence-corrected chi connectivity index (χ2v) is 5.05. The molecule has 126 valence electrons. The average molecular weight is 330 g/mol. The number of carbonyl (C=O) groups excluding carboxylic acids is 1. The smallest absolute Gasteiger partial charge is 0.269 e. The van der Waals surface area contributed by atoms with E-state index in [9.17, 15) is 14.9 Å². The summed E-state index contributed by atoms with van der Waals surface area (Å²) in [6, 6.07) is 11.1. The summed E-state index contributed by atoms with van der Waals surface area (Å²) < 4.78 is 10.5. The Balaban J connectivity index is 2.17. The minimum Gasteiger partial charge on any atom is -0.490 e. The summed E-state index contributed by atoms with van der Waals surface area (Å²) >= 11 is 0. The maximum atomic E-state index is 12.5. The van der Waals surface area contributed by atoms with Crippen LogP contribution >= 0.6 is 0 Å². The second-order valence-electron chi connectivity index (χ2n) is 5.05. The van der Waals surface area contributed by atoms with Gasteiger partial charge in [-0.15, -0.1) is 0 Å². The van der Waals surface area contributed by atoms with Gasteiger partial charge in [0.2, 0.25) is 0 Å².